The number of ether oxygens (including phenoxy) is 1. The molecule has 0 aliphatic rings. The Labute approximate surface area is 148 Å². The fourth-order valence-corrected chi connectivity index (χ4v) is 2.70. The summed E-state index contributed by atoms with van der Waals surface area (Å²) in [7, 11) is 0. The summed E-state index contributed by atoms with van der Waals surface area (Å²) >= 11 is 3.46. The molecule has 0 fully saturated rings. The molecule has 0 atom stereocenters. The Morgan fingerprint density at radius 2 is 2.04 bits per heavy atom. The molecule has 0 saturated carbocycles. The van der Waals surface area contributed by atoms with E-state index in [9.17, 15) is 4.79 Å². The van der Waals surface area contributed by atoms with E-state index >= 15 is 0 Å². The number of halogens is 1. The smallest absolute Gasteiger partial charge is 0.274 e. The number of aromatic amines is 1. The molecule has 0 bridgehead atoms. The van der Waals surface area contributed by atoms with E-state index in [1.807, 2.05) is 48.5 Å². The third-order valence-electron chi connectivity index (χ3n) is 3.48. The van der Waals surface area contributed by atoms with Crippen molar-refractivity contribution in [3.8, 4) is 5.75 Å². The van der Waals surface area contributed by atoms with E-state index in [0.717, 1.165) is 33.2 Å². The van der Waals surface area contributed by atoms with Gasteiger partial charge >= 0.3 is 0 Å². The summed E-state index contributed by atoms with van der Waals surface area (Å²) in [6.45, 7) is 2.71. The number of hydrogen-bond acceptors (Lipinski definition) is 3. The number of aromatic nitrogens is 2. The third-order valence-corrected chi connectivity index (χ3v) is 3.97. The van der Waals surface area contributed by atoms with Crippen molar-refractivity contribution in [1.82, 2.24) is 9.97 Å². The van der Waals surface area contributed by atoms with Crippen molar-refractivity contribution in [1.29, 1.82) is 0 Å². The van der Waals surface area contributed by atoms with E-state index in [1.54, 1.807) is 6.08 Å². The van der Waals surface area contributed by atoms with Crippen LogP contribution in [0.1, 0.15) is 24.6 Å². The predicted molar refractivity (Wildman–Crippen MR) is 101 cm³/mol. The molecule has 0 amide bonds. The lowest BCUT2D eigenvalue weighted by Crippen LogP contribution is -2.11. The minimum atomic E-state index is -0.212. The molecule has 0 spiro atoms. The van der Waals surface area contributed by atoms with Gasteiger partial charge in [0, 0.05) is 10.0 Å². The number of H-pyrrole nitrogens is 1. The van der Waals surface area contributed by atoms with E-state index in [1.165, 1.54) is 0 Å². The van der Waals surface area contributed by atoms with Crippen molar-refractivity contribution in [2.45, 2.75) is 13.3 Å². The van der Waals surface area contributed by atoms with E-state index in [0.29, 0.717) is 12.3 Å². The van der Waals surface area contributed by atoms with E-state index < -0.39 is 0 Å². The van der Waals surface area contributed by atoms with Crippen molar-refractivity contribution in [3.05, 3.63) is 68.5 Å². The first kappa shape index (κ1) is 16.5. The normalized spacial score (nSPS) is 11.2. The van der Waals surface area contributed by atoms with Crippen molar-refractivity contribution in [2.24, 2.45) is 0 Å². The molecule has 0 aliphatic heterocycles. The van der Waals surface area contributed by atoms with Gasteiger partial charge in [-0.25, -0.2) is 4.98 Å². The Kier molecular flexibility index (Phi) is 5.11. The maximum Gasteiger partial charge on any atom is 0.274 e. The Hall–Kier alpha value is -2.40. The van der Waals surface area contributed by atoms with E-state index in [-0.39, 0.29) is 5.56 Å². The number of para-hydroxylation sites is 2. The summed E-state index contributed by atoms with van der Waals surface area (Å²) < 4.78 is 6.70. The number of nitrogens with one attached hydrogen (secondary N) is 1. The first-order valence-electron chi connectivity index (χ1n) is 7.77. The molecule has 0 aliphatic carbocycles. The molecule has 2 aromatic carbocycles. The largest absolute Gasteiger partial charge is 0.493 e. The standard InChI is InChI=1S/C19H17BrN2O2/c1-2-11-24-18-10-8-14(20)12-13(18)7-9-17-19(23)22-16-6-4-3-5-15(16)21-17/h3-10,12H,2,11H2,1H3,(H,22,23)/b9-7+. The quantitative estimate of drug-likeness (QED) is 0.696. The third kappa shape index (κ3) is 3.74. The Morgan fingerprint density at radius 3 is 2.88 bits per heavy atom. The minimum Gasteiger partial charge on any atom is -0.493 e. The van der Waals surface area contributed by atoms with Crippen LogP contribution >= 0.6 is 15.9 Å². The van der Waals surface area contributed by atoms with E-state index in [2.05, 4.69) is 32.8 Å². The molecule has 3 aromatic rings. The average Bonchev–Trinajstić information content (AvgIpc) is 2.59. The average molecular weight is 385 g/mol. The Balaban J connectivity index is 1.97. The SMILES string of the molecule is CCCOc1ccc(Br)cc1/C=C/c1nc2ccccc2[nH]c1=O. The Morgan fingerprint density at radius 1 is 1.21 bits per heavy atom. The highest BCUT2D eigenvalue weighted by Crippen LogP contribution is 2.25. The molecular weight excluding hydrogens is 368 g/mol. The van der Waals surface area contributed by atoms with Crippen LogP contribution in [0.15, 0.2) is 51.7 Å². The first-order valence-corrected chi connectivity index (χ1v) is 8.56. The lowest BCUT2D eigenvalue weighted by molar-refractivity contribution is 0.317. The number of benzene rings is 2. The molecule has 0 saturated heterocycles. The number of fused-ring (bicyclic) bond motifs is 1. The van der Waals surface area contributed by atoms with Crippen molar-refractivity contribution in [2.75, 3.05) is 6.61 Å². The zero-order chi connectivity index (χ0) is 16.9. The monoisotopic (exact) mass is 384 g/mol. The fourth-order valence-electron chi connectivity index (χ4n) is 2.32. The van der Waals surface area contributed by atoms with Gasteiger partial charge in [-0.05, 0) is 48.9 Å². The van der Waals surface area contributed by atoms with Gasteiger partial charge in [0.15, 0.2) is 0 Å². The van der Waals surface area contributed by atoms with Gasteiger partial charge in [0.05, 0.1) is 17.6 Å². The van der Waals surface area contributed by atoms with Crippen LogP contribution in [-0.2, 0) is 0 Å². The molecule has 0 radical (unpaired) electrons. The van der Waals surface area contributed by atoms with Gasteiger partial charge in [-0.15, -0.1) is 0 Å². The second-order valence-electron chi connectivity index (χ2n) is 5.33. The summed E-state index contributed by atoms with van der Waals surface area (Å²) in [5.41, 5.74) is 2.54. The summed E-state index contributed by atoms with van der Waals surface area (Å²) in [4.78, 5) is 19.4. The molecule has 4 nitrogen and oxygen atoms in total. The van der Waals surface area contributed by atoms with Crippen LogP contribution in [0.25, 0.3) is 23.2 Å². The second-order valence-corrected chi connectivity index (χ2v) is 6.25. The minimum absolute atomic E-state index is 0.212. The highest BCUT2D eigenvalue weighted by Gasteiger charge is 2.04. The maximum atomic E-state index is 12.2. The van der Waals surface area contributed by atoms with Crippen LogP contribution in [0.4, 0.5) is 0 Å². The van der Waals surface area contributed by atoms with Gasteiger partial charge < -0.3 is 9.72 Å². The van der Waals surface area contributed by atoms with Gasteiger partial charge in [-0.1, -0.05) is 35.0 Å². The second kappa shape index (κ2) is 7.45. The highest BCUT2D eigenvalue weighted by atomic mass is 79.9. The zero-order valence-electron chi connectivity index (χ0n) is 13.3. The molecule has 1 N–H and O–H groups in total. The molecule has 1 heterocycles. The summed E-state index contributed by atoms with van der Waals surface area (Å²) in [5, 5.41) is 0. The summed E-state index contributed by atoms with van der Waals surface area (Å²) in [5.74, 6) is 0.786. The van der Waals surface area contributed by atoms with Gasteiger partial charge in [-0.2, -0.15) is 0 Å². The van der Waals surface area contributed by atoms with Crippen LogP contribution in [0.3, 0.4) is 0 Å². The van der Waals surface area contributed by atoms with Crippen LogP contribution < -0.4 is 10.3 Å². The molecule has 5 heteroatoms. The maximum absolute atomic E-state index is 12.2. The predicted octanol–water partition coefficient (Wildman–Crippen LogP) is 4.64. The first-order chi connectivity index (χ1) is 11.7. The topological polar surface area (TPSA) is 55.0 Å². The molecule has 122 valence electrons. The van der Waals surface area contributed by atoms with Crippen LogP contribution in [-0.4, -0.2) is 16.6 Å². The Bertz CT molecular complexity index is 947. The molecule has 3 rings (SSSR count). The molecule has 24 heavy (non-hydrogen) atoms. The number of rotatable bonds is 5. The molecule has 1 aromatic heterocycles. The van der Waals surface area contributed by atoms with Crippen LogP contribution in [0.5, 0.6) is 5.75 Å². The van der Waals surface area contributed by atoms with Crippen molar-refractivity contribution < 1.29 is 4.74 Å². The highest BCUT2D eigenvalue weighted by molar-refractivity contribution is 9.10. The summed E-state index contributed by atoms with van der Waals surface area (Å²) in [6, 6.07) is 13.3. The fraction of sp³-hybridized carbons (Fsp3) is 0.158. The van der Waals surface area contributed by atoms with Gasteiger partial charge in [0.2, 0.25) is 0 Å². The van der Waals surface area contributed by atoms with Crippen molar-refractivity contribution >= 4 is 39.1 Å². The lowest BCUT2D eigenvalue weighted by atomic mass is 10.1. The van der Waals surface area contributed by atoms with Crippen LogP contribution in [0, 0.1) is 0 Å². The van der Waals surface area contributed by atoms with Crippen molar-refractivity contribution in [3.63, 3.8) is 0 Å². The number of nitrogens with zero attached hydrogens (tertiary/aromatic N) is 1. The van der Waals surface area contributed by atoms with Gasteiger partial charge in [0.1, 0.15) is 11.4 Å². The van der Waals surface area contributed by atoms with E-state index in [4.69, 9.17) is 4.74 Å². The zero-order valence-corrected chi connectivity index (χ0v) is 14.8. The van der Waals surface area contributed by atoms with Gasteiger partial charge in [-0.3, -0.25) is 4.79 Å². The molecular formula is C19H17BrN2O2. The molecule has 0 unspecified atom stereocenters. The number of hydrogen-bond donors (Lipinski definition) is 1. The van der Waals surface area contributed by atoms with Crippen LogP contribution in [0.2, 0.25) is 0 Å². The summed E-state index contributed by atoms with van der Waals surface area (Å²) in [6.07, 6.45) is 4.50. The lowest BCUT2D eigenvalue weighted by Gasteiger charge is -2.08. The van der Waals surface area contributed by atoms with Gasteiger partial charge in [0.25, 0.3) is 5.56 Å².